The molecule has 0 aliphatic carbocycles. The molecule has 4 nitrogen and oxygen atoms in total. The van der Waals surface area contributed by atoms with Crippen molar-refractivity contribution in [2.75, 3.05) is 11.4 Å². The van der Waals surface area contributed by atoms with E-state index in [4.69, 9.17) is 11.6 Å². The third-order valence-electron chi connectivity index (χ3n) is 3.02. The van der Waals surface area contributed by atoms with E-state index in [1.807, 2.05) is 0 Å². The van der Waals surface area contributed by atoms with Crippen molar-refractivity contribution in [1.29, 1.82) is 0 Å². The second kappa shape index (κ2) is 4.06. The Hall–Kier alpha value is -1.37. The van der Waals surface area contributed by atoms with E-state index in [-0.39, 0.29) is 21.3 Å². The van der Waals surface area contributed by atoms with Crippen LogP contribution in [0.5, 0.6) is 0 Å². The van der Waals surface area contributed by atoms with E-state index in [9.17, 15) is 13.2 Å². The number of halogens is 1. The lowest BCUT2D eigenvalue weighted by Crippen LogP contribution is -2.26. The predicted octanol–water partition coefficient (Wildman–Crippen LogP) is 2.77. The zero-order valence-corrected chi connectivity index (χ0v) is 12.1. The maximum absolute atomic E-state index is 12.5. The largest absolute Gasteiger partial charge is 0.288 e. The van der Waals surface area contributed by atoms with Crippen LogP contribution < -0.4 is 4.31 Å². The van der Waals surface area contributed by atoms with Crippen molar-refractivity contribution in [2.24, 2.45) is 0 Å². The molecule has 3 rings (SSSR count). The Morgan fingerprint density at radius 1 is 1.26 bits per heavy atom. The molecule has 0 radical (unpaired) electrons. The van der Waals surface area contributed by atoms with Crippen LogP contribution in [0.4, 0.5) is 5.69 Å². The lowest BCUT2D eigenvalue weighted by molar-refractivity contribution is 0.104. The molecule has 7 heteroatoms. The van der Waals surface area contributed by atoms with E-state index in [2.05, 4.69) is 0 Å². The molecule has 2 aromatic rings. The number of anilines is 1. The van der Waals surface area contributed by atoms with Gasteiger partial charge in [-0.3, -0.25) is 9.10 Å². The van der Waals surface area contributed by atoms with Gasteiger partial charge in [0.05, 0.1) is 10.6 Å². The van der Waals surface area contributed by atoms with Crippen molar-refractivity contribution in [3.63, 3.8) is 0 Å². The van der Waals surface area contributed by atoms with Gasteiger partial charge in [-0.25, -0.2) is 8.42 Å². The van der Waals surface area contributed by atoms with Gasteiger partial charge in [0.25, 0.3) is 10.0 Å². The highest BCUT2D eigenvalue weighted by atomic mass is 35.5. The van der Waals surface area contributed by atoms with Crippen LogP contribution in [0.2, 0.25) is 5.02 Å². The summed E-state index contributed by atoms with van der Waals surface area (Å²) in [7, 11) is -2.33. The minimum Gasteiger partial charge on any atom is -0.288 e. The molecular formula is C12H8ClNO3S2. The van der Waals surface area contributed by atoms with Gasteiger partial charge >= 0.3 is 0 Å². The van der Waals surface area contributed by atoms with Gasteiger partial charge in [0.2, 0.25) is 5.78 Å². The smallest absolute Gasteiger partial charge is 0.264 e. The number of benzene rings is 1. The van der Waals surface area contributed by atoms with Gasteiger partial charge in [0.15, 0.2) is 0 Å². The Labute approximate surface area is 119 Å². The number of fused-ring (bicyclic) bond motifs is 2. The van der Waals surface area contributed by atoms with Crippen LogP contribution in [0, 0.1) is 0 Å². The summed E-state index contributed by atoms with van der Waals surface area (Å²) in [5, 5.41) is 1.99. The van der Waals surface area contributed by atoms with Crippen LogP contribution in [0.25, 0.3) is 0 Å². The molecule has 19 heavy (non-hydrogen) atoms. The first kappa shape index (κ1) is 12.7. The van der Waals surface area contributed by atoms with Crippen molar-refractivity contribution in [2.45, 2.75) is 4.90 Å². The Morgan fingerprint density at radius 3 is 2.74 bits per heavy atom. The van der Waals surface area contributed by atoms with Gasteiger partial charge in [-0.15, -0.1) is 11.3 Å². The van der Waals surface area contributed by atoms with E-state index in [0.29, 0.717) is 10.6 Å². The van der Waals surface area contributed by atoms with Crippen LogP contribution in [0.15, 0.2) is 34.5 Å². The number of thiophene rings is 1. The number of carbonyl (C=O) groups is 1. The highest BCUT2D eigenvalue weighted by Gasteiger charge is 2.34. The Bertz CT molecular complexity index is 795. The third-order valence-corrected chi connectivity index (χ3v) is 5.97. The quantitative estimate of drug-likeness (QED) is 0.751. The number of ketones is 1. The molecule has 2 heterocycles. The van der Waals surface area contributed by atoms with Gasteiger partial charge in [0.1, 0.15) is 4.90 Å². The normalized spacial score (nSPS) is 16.7. The molecule has 0 saturated heterocycles. The van der Waals surface area contributed by atoms with Crippen molar-refractivity contribution < 1.29 is 13.2 Å². The second-order valence-corrected chi connectivity index (χ2v) is 7.37. The topological polar surface area (TPSA) is 54.5 Å². The summed E-state index contributed by atoms with van der Waals surface area (Å²) in [5.41, 5.74) is 0.569. The standard InChI is InChI=1S/C12H8ClNO3S2/c1-14-9-4-5-18-12(9)11(15)8-3-2-7(13)6-10(8)19(14,16)17/h2-6H,1H3. The molecule has 98 valence electrons. The molecule has 0 spiro atoms. The molecule has 1 aromatic heterocycles. The minimum absolute atomic E-state index is 0.0455. The van der Waals surface area contributed by atoms with E-state index >= 15 is 0 Å². The average molecular weight is 314 g/mol. The van der Waals surface area contributed by atoms with Crippen LogP contribution in [0.1, 0.15) is 15.2 Å². The molecule has 1 aliphatic heterocycles. The maximum Gasteiger partial charge on any atom is 0.264 e. The first-order valence-electron chi connectivity index (χ1n) is 5.33. The summed E-state index contributed by atoms with van der Waals surface area (Å²) < 4.78 is 26.1. The molecule has 1 aliphatic rings. The molecule has 0 saturated carbocycles. The molecule has 0 unspecified atom stereocenters. The van der Waals surface area contributed by atoms with Gasteiger partial charge in [0, 0.05) is 17.6 Å². The summed E-state index contributed by atoms with van der Waals surface area (Å²) >= 11 is 7.08. The van der Waals surface area contributed by atoms with E-state index in [0.717, 1.165) is 4.31 Å². The molecule has 0 bridgehead atoms. The van der Waals surface area contributed by atoms with E-state index in [1.165, 1.54) is 36.6 Å². The molecule has 0 atom stereocenters. The maximum atomic E-state index is 12.5. The van der Waals surface area contributed by atoms with Crippen molar-refractivity contribution in [1.82, 2.24) is 0 Å². The van der Waals surface area contributed by atoms with E-state index < -0.39 is 10.0 Å². The summed E-state index contributed by atoms with van der Waals surface area (Å²) in [6.07, 6.45) is 0. The van der Waals surface area contributed by atoms with Gasteiger partial charge < -0.3 is 0 Å². The fourth-order valence-electron chi connectivity index (χ4n) is 2.02. The van der Waals surface area contributed by atoms with Crippen LogP contribution in [-0.4, -0.2) is 21.2 Å². The van der Waals surface area contributed by atoms with Crippen molar-refractivity contribution >= 4 is 44.4 Å². The third kappa shape index (κ3) is 1.71. The fraction of sp³-hybridized carbons (Fsp3) is 0.0833. The number of sulfonamides is 1. The zero-order valence-electron chi connectivity index (χ0n) is 9.75. The number of carbonyl (C=O) groups excluding carboxylic acids is 1. The molecular weight excluding hydrogens is 306 g/mol. The highest BCUT2D eigenvalue weighted by molar-refractivity contribution is 7.93. The number of hydrogen-bond acceptors (Lipinski definition) is 4. The number of nitrogens with zero attached hydrogens (tertiary/aromatic N) is 1. The molecule has 0 amide bonds. The summed E-state index contributed by atoms with van der Waals surface area (Å²) in [5.74, 6) is -0.287. The summed E-state index contributed by atoms with van der Waals surface area (Å²) in [6.45, 7) is 0. The van der Waals surface area contributed by atoms with Crippen LogP contribution in [0.3, 0.4) is 0 Å². The van der Waals surface area contributed by atoms with Crippen LogP contribution >= 0.6 is 22.9 Å². The Morgan fingerprint density at radius 2 is 2.00 bits per heavy atom. The first-order valence-corrected chi connectivity index (χ1v) is 8.03. The lowest BCUT2D eigenvalue weighted by atomic mass is 10.1. The summed E-state index contributed by atoms with van der Waals surface area (Å²) in [6, 6.07) is 5.92. The molecule has 0 N–H and O–H groups in total. The highest BCUT2D eigenvalue weighted by Crippen LogP contribution is 2.37. The van der Waals surface area contributed by atoms with Crippen molar-refractivity contribution in [3.05, 3.63) is 45.1 Å². The molecule has 1 aromatic carbocycles. The van der Waals surface area contributed by atoms with Gasteiger partial charge in [-0.2, -0.15) is 0 Å². The second-order valence-electron chi connectivity index (χ2n) is 4.08. The van der Waals surface area contributed by atoms with Gasteiger partial charge in [-0.05, 0) is 29.6 Å². The fourth-order valence-corrected chi connectivity index (χ4v) is 4.61. The van der Waals surface area contributed by atoms with Gasteiger partial charge in [-0.1, -0.05) is 11.6 Å². The van der Waals surface area contributed by atoms with Crippen LogP contribution in [-0.2, 0) is 10.0 Å². The first-order chi connectivity index (χ1) is 8.93. The SMILES string of the molecule is CN1c2ccsc2C(=O)c2ccc(Cl)cc2S1(=O)=O. The zero-order chi connectivity index (χ0) is 13.8. The number of rotatable bonds is 0. The Kier molecular flexibility index (Phi) is 2.70. The monoisotopic (exact) mass is 313 g/mol. The average Bonchev–Trinajstić information content (AvgIpc) is 2.83. The number of hydrogen-bond donors (Lipinski definition) is 0. The lowest BCUT2D eigenvalue weighted by Gasteiger charge is -2.17. The Balaban J connectivity index is 2.44. The van der Waals surface area contributed by atoms with E-state index in [1.54, 1.807) is 11.4 Å². The minimum atomic E-state index is -3.76. The molecule has 0 fully saturated rings. The summed E-state index contributed by atoms with van der Waals surface area (Å²) in [4.78, 5) is 12.8. The van der Waals surface area contributed by atoms with Crippen molar-refractivity contribution in [3.8, 4) is 0 Å². The predicted molar refractivity (Wildman–Crippen MR) is 74.8 cm³/mol.